The van der Waals surface area contributed by atoms with Gasteiger partial charge >= 0.3 is 0 Å². The molecule has 0 saturated carbocycles. The molecule has 1 amide bonds. The number of rotatable bonds is 3. The lowest BCUT2D eigenvalue weighted by Crippen LogP contribution is -2.25. The van der Waals surface area contributed by atoms with Gasteiger partial charge in [0.15, 0.2) is 11.5 Å². The second-order valence-electron chi connectivity index (χ2n) is 3.77. The fourth-order valence-corrected chi connectivity index (χ4v) is 1.60. The van der Waals surface area contributed by atoms with E-state index in [1.165, 1.54) is 4.90 Å². The van der Waals surface area contributed by atoms with Crippen LogP contribution in [0.15, 0.2) is 18.2 Å². The molecule has 0 radical (unpaired) electrons. The maximum Gasteiger partial charge on any atom is 0.236 e. The zero-order chi connectivity index (χ0) is 12.3. The molecule has 0 N–H and O–H groups in total. The second-order valence-corrected chi connectivity index (χ2v) is 3.77. The average molecular weight is 232 g/mol. The first kappa shape index (κ1) is 11.3. The number of benzene rings is 1. The van der Waals surface area contributed by atoms with E-state index in [9.17, 15) is 4.79 Å². The van der Waals surface area contributed by atoms with Gasteiger partial charge in [-0.1, -0.05) is 6.07 Å². The lowest BCUT2D eigenvalue weighted by Gasteiger charge is -2.15. The van der Waals surface area contributed by atoms with Crippen LogP contribution >= 0.6 is 0 Å². The van der Waals surface area contributed by atoms with E-state index in [1.807, 2.05) is 24.3 Å². The number of ether oxygens (including phenoxy) is 2. The molecule has 1 aliphatic rings. The predicted octanol–water partition coefficient (Wildman–Crippen LogP) is 1.29. The number of amides is 1. The van der Waals surface area contributed by atoms with E-state index in [-0.39, 0.29) is 19.1 Å². The van der Waals surface area contributed by atoms with Gasteiger partial charge in [-0.05, 0) is 17.7 Å². The highest BCUT2D eigenvalue weighted by Crippen LogP contribution is 2.32. The number of hydrogen-bond acceptors (Lipinski definition) is 4. The molecule has 1 aromatic carbocycles. The normalized spacial score (nSPS) is 12.0. The fraction of sp³-hybridized carbons (Fsp3) is 0.333. The number of carbonyl (C=O) groups excluding carboxylic acids is 1. The summed E-state index contributed by atoms with van der Waals surface area (Å²) < 4.78 is 10.4. The average Bonchev–Trinajstić information content (AvgIpc) is 2.76. The van der Waals surface area contributed by atoms with Gasteiger partial charge in [0.2, 0.25) is 12.7 Å². The molecule has 17 heavy (non-hydrogen) atoms. The zero-order valence-electron chi connectivity index (χ0n) is 9.47. The lowest BCUT2D eigenvalue weighted by molar-refractivity contribution is -0.129. The van der Waals surface area contributed by atoms with E-state index in [2.05, 4.69) is 0 Å². The minimum absolute atomic E-state index is 0.0962. The van der Waals surface area contributed by atoms with Crippen LogP contribution in [-0.2, 0) is 11.3 Å². The Labute approximate surface area is 99.2 Å². The van der Waals surface area contributed by atoms with Gasteiger partial charge in [-0.3, -0.25) is 4.79 Å². The van der Waals surface area contributed by atoms with Crippen LogP contribution in [0.3, 0.4) is 0 Å². The highest BCUT2D eigenvalue weighted by molar-refractivity contribution is 5.77. The minimum Gasteiger partial charge on any atom is -0.454 e. The maximum absolute atomic E-state index is 11.4. The van der Waals surface area contributed by atoms with Gasteiger partial charge in [0, 0.05) is 13.6 Å². The second kappa shape index (κ2) is 4.74. The van der Waals surface area contributed by atoms with E-state index in [0.717, 1.165) is 11.3 Å². The van der Waals surface area contributed by atoms with Crippen LogP contribution < -0.4 is 9.47 Å². The Morgan fingerprint density at radius 2 is 2.24 bits per heavy atom. The van der Waals surface area contributed by atoms with E-state index in [1.54, 1.807) is 7.05 Å². The van der Waals surface area contributed by atoms with Crippen LogP contribution in [-0.4, -0.2) is 24.6 Å². The van der Waals surface area contributed by atoms with Gasteiger partial charge in [0.1, 0.15) is 6.42 Å². The number of nitrogens with zero attached hydrogens (tertiary/aromatic N) is 2. The molecule has 2 rings (SSSR count). The molecule has 0 spiro atoms. The van der Waals surface area contributed by atoms with Gasteiger partial charge in [0.05, 0.1) is 6.07 Å². The molecule has 1 heterocycles. The van der Waals surface area contributed by atoms with Crippen molar-refractivity contribution in [2.45, 2.75) is 13.0 Å². The number of nitriles is 1. The van der Waals surface area contributed by atoms with Crippen LogP contribution in [0.25, 0.3) is 0 Å². The van der Waals surface area contributed by atoms with E-state index in [0.29, 0.717) is 12.3 Å². The molecular weight excluding hydrogens is 220 g/mol. The molecule has 0 saturated heterocycles. The topological polar surface area (TPSA) is 62.6 Å². The van der Waals surface area contributed by atoms with Gasteiger partial charge < -0.3 is 14.4 Å². The first-order chi connectivity index (χ1) is 8.20. The molecule has 0 unspecified atom stereocenters. The third kappa shape index (κ3) is 2.48. The molecule has 0 atom stereocenters. The summed E-state index contributed by atoms with van der Waals surface area (Å²) in [4.78, 5) is 12.9. The first-order valence-electron chi connectivity index (χ1n) is 5.20. The Morgan fingerprint density at radius 1 is 1.47 bits per heavy atom. The number of carbonyl (C=O) groups is 1. The van der Waals surface area contributed by atoms with Crippen molar-refractivity contribution < 1.29 is 14.3 Å². The third-order valence-corrected chi connectivity index (χ3v) is 2.51. The van der Waals surface area contributed by atoms with E-state index < -0.39 is 0 Å². The van der Waals surface area contributed by atoms with Crippen molar-refractivity contribution in [3.05, 3.63) is 23.8 Å². The predicted molar refractivity (Wildman–Crippen MR) is 59.3 cm³/mol. The van der Waals surface area contributed by atoms with Gasteiger partial charge in [0.25, 0.3) is 0 Å². The highest BCUT2D eigenvalue weighted by atomic mass is 16.7. The Hall–Kier alpha value is -2.22. The van der Waals surface area contributed by atoms with Crippen molar-refractivity contribution in [3.63, 3.8) is 0 Å². The van der Waals surface area contributed by atoms with Crippen molar-refractivity contribution >= 4 is 5.91 Å². The van der Waals surface area contributed by atoms with Crippen molar-refractivity contribution in [2.24, 2.45) is 0 Å². The standard InChI is InChI=1S/C12H12N2O3/c1-14(12(15)4-5-13)7-9-2-3-10-11(6-9)17-8-16-10/h2-3,6H,4,7-8H2,1H3. The van der Waals surface area contributed by atoms with E-state index in [4.69, 9.17) is 14.7 Å². The molecule has 1 aliphatic heterocycles. The molecule has 0 aromatic heterocycles. The van der Waals surface area contributed by atoms with Crippen LogP contribution in [0.1, 0.15) is 12.0 Å². The molecule has 0 bridgehead atoms. The quantitative estimate of drug-likeness (QED) is 0.787. The third-order valence-electron chi connectivity index (χ3n) is 2.51. The summed E-state index contributed by atoms with van der Waals surface area (Å²) in [6, 6.07) is 7.38. The Balaban J connectivity index is 2.04. The smallest absolute Gasteiger partial charge is 0.236 e. The summed E-state index contributed by atoms with van der Waals surface area (Å²) in [7, 11) is 1.67. The highest BCUT2D eigenvalue weighted by Gasteiger charge is 2.15. The van der Waals surface area contributed by atoms with E-state index >= 15 is 0 Å². The molecule has 88 valence electrons. The minimum atomic E-state index is -0.190. The van der Waals surface area contributed by atoms with Crippen molar-refractivity contribution in [2.75, 3.05) is 13.8 Å². The SMILES string of the molecule is CN(Cc1ccc2c(c1)OCO2)C(=O)CC#N. The van der Waals surface area contributed by atoms with Crippen LogP contribution in [0, 0.1) is 11.3 Å². The first-order valence-corrected chi connectivity index (χ1v) is 5.20. The van der Waals surface area contributed by atoms with Crippen molar-refractivity contribution in [1.29, 1.82) is 5.26 Å². The van der Waals surface area contributed by atoms with Crippen LogP contribution in [0.4, 0.5) is 0 Å². The van der Waals surface area contributed by atoms with Crippen molar-refractivity contribution in [3.8, 4) is 17.6 Å². The Kier molecular flexibility index (Phi) is 3.15. The molecule has 0 aliphatic carbocycles. The van der Waals surface area contributed by atoms with Gasteiger partial charge in [-0.15, -0.1) is 0 Å². The summed E-state index contributed by atoms with van der Waals surface area (Å²) in [5.41, 5.74) is 0.947. The number of fused-ring (bicyclic) bond motifs is 1. The monoisotopic (exact) mass is 232 g/mol. The molecule has 5 nitrogen and oxygen atoms in total. The Bertz CT molecular complexity index is 479. The number of hydrogen-bond donors (Lipinski definition) is 0. The maximum atomic E-state index is 11.4. The zero-order valence-corrected chi connectivity index (χ0v) is 9.47. The molecule has 5 heteroatoms. The summed E-state index contributed by atoms with van der Waals surface area (Å²) in [5.74, 6) is 1.23. The van der Waals surface area contributed by atoms with Crippen LogP contribution in [0.2, 0.25) is 0 Å². The van der Waals surface area contributed by atoms with Crippen molar-refractivity contribution in [1.82, 2.24) is 4.90 Å². The lowest BCUT2D eigenvalue weighted by atomic mass is 10.2. The fourth-order valence-electron chi connectivity index (χ4n) is 1.60. The van der Waals surface area contributed by atoms with Crippen LogP contribution in [0.5, 0.6) is 11.5 Å². The summed E-state index contributed by atoms with van der Waals surface area (Å²) in [5, 5.41) is 8.44. The van der Waals surface area contributed by atoms with Gasteiger partial charge in [-0.25, -0.2) is 0 Å². The van der Waals surface area contributed by atoms with Gasteiger partial charge in [-0.2, -0.15) is 5.26 Å². The largest absolute Gasteiger partial charge is 0.454 e. The summed E-state index contributed by atoms with van der Waals surface area (Å²) in [6.45, 7) is 0.694. The molecule has 1 aromatic rings. The summed E-state index contributed by atoms with van der Waals surface area (Å²) in [6.07, 6.45) is -0.0962. The molecule has 0 fully saturated rings. The molecular formula is C12H12N2O3. The Morgan fingerprint density at radius 3 is 3.00 bits per heavy atom. The summed E-state index contributed by atoms with van der Waals surface area (Å²) >= 11 is 0.